The van der Waals surface area contributed by atoms with Gasteiger partial charge in [0.2, 0.25) is 23.6 Å². The van der Waals surface area contributed by atoms with Crippen molar-refractivity contribution in [3.63, 3.8) is 0 Å². The topological polar surface area (TPSA) is 343 Å². The molecule has 0 saturated carbocycles. The molecule has 0 heterocycles. The molecule has 11 N–H and O–H groups in total. The molecule has 4 amide bonds. The number of ether oxygens (including phenoxy) is 4. The minimum Gasteiger partial charge on any atom is -0.399 e. The standard InChI is InChI=1S/C51H85N5O16.H2S.H2/c52-42-14-12-38(13-15-42)34-41(50(53)67)37-47(64)40(36-46(63)39(35-44(62)17-27-70-31-23-58)8-4-6-20-54-48(65)18-28-71-32-24-59)9-5-7-21-55-51(68)45(56-49(66)19-29-72-33-25-60)11-3-1-2-10-43(61)16-26-69-30-22-57;;/h12-15,39-41,45,57-60H,1-11,16-37,52H2,(H2,53,67)(H,54,65)(H,55,68)(H,56,66);1H2;1H. The van der Waals surface area contributed by atoms with Gasteiger partial charge in [-0.2, -0.15) is 13.5 Å². The van der Waals surface area contributed by atoms with Crippen LogP contribution in [0.5, 0.6) is 0 Å². The molecule has 4 unspecified atom stereocenters. The van der Waals surface area contributed by atoms with E-state index in [1.165, 1.54) is 0 Å². The first-order valence-corrected chi connectivity index (χ1v) is 25.5. The number of hydrogen-bond acceptors (Lipinski definition) is 17. The molecule has 0 bridgehead atoms. The molecule has 0 spiro atoms. The third kappa shape index (κ3) is 36.2. The third-order valence-corrected chi connectivity index (χ3v) is 11.8. The highest BCUT2D eigenvalue weighted by Crippen LogP contribution is 2.26. The average Bonchev–Trinajstić information content (AvgIpc) is 3.35. The van der Waals surface area contributed by atoms with Crippen molar-refractivity contribution in [1.82, 2.24) is 16.0 Å². The van der Waals surface area contributed by atoms with Gasteiger partial charge in [0.25, 0.3) is 0 Å². The van der Waals surface area contributed by atoms with Crippen LogP contribution in [0.15, 0.2) is 24.3 Å². The second-order valence-electron chi connectivity index (χ2n) is 17.8. The second-order valence-corrected chi connectivity index (χ2v) is 17.8. The first kappa shape index (κ1) is 68.6. The number of carbonyl (C=O) groups is 8. The van der Waals surface area contributed by atoms with Gasteiger partial charge in [-0.1, -0.05) is 37.8 Å². The van der Waals surface area contributed by atoms with Crippen molar-refractivity contribution in [2.24, 2.45) is 23.5 Å². The number of nitrogens with two attached hydrogens (primary N) is 2. The van der Waals surface area contributed by atoms with E-state index in [0.29, 0.717) is 76.4 Å². The molecule has 1 aromatic rings. The van der Waals surface area contributed by atoms with Gasteiger partial charge in [0, 0.05) is 89.3 Å². The summed E-state index contributed by atoms with van der Waals surface area (Å²) >= 11 is 0. The zero-order valence-electron chi connectivity index (χ0n) is 42.8. The highest BCUT2D eigenvalue weighted by molar-refractivity contribution is 7.59. The number of Topliss-reactive ketones (excluding diaryl/α,β-unsaturated/α-hetero) is 4. The number of unbranched alkanes of at least 4 members (excludes halogenated alkanes) is 4. The van der Waals surface area contributed by atoms with Crippen molar-refractivity contribution < 1.29 is 79.2 Å². The van der Waals surface area contributed by atoms with Crippen LogP contribution in [0.4, 0.5) is 5.69 Å². The number of benzene rings is 1. The molecule has 0 saturated heterocycles. The fourth-order valence-electron chi connectivity index (χ4n) is 7.72. The number of ketones is 4. The minimum absolute atomic E-state index is 0. The Kier molecular flexibility index (Phi) is 42.3. The summed E-state index contributed by atoms with van der Waals surface area (Å²) in [5.41, 5.74) is 12.9. The third-order valence-electron chi connectivity index (χ3n) is 11.8. The van der Waals surface area contributed by atoms with E-state index in [2.05, 4.69) is 16.0 Å². The van der Waals surface area contributed by atoms with Gasteiger partial charge in [-0.05, 0) is 62.6 Å². The summed E-state index contributed by atoms with van der Waals surface area (Å²) in [7, 11) is 0. The van der Waals surface area contributed by atoms with Crippen molar-refractivity contribution in [3.05, 3.63) is 29.8 Å². The zero-order valence-corrected chi connectivity index (χ0v) is 43.8. The van der Waals surface area contributed by atoms with Gasteiger partial charge in [0.1, 0.15) is 29.2 Å². The number of nitrogens with one attached hydrogen (secondary N) is 3. The molecule has 73 heavy (non-hydrogen) atoms. The Hall–Kier alpha value is -4.39. The van der Waals surface area contributed by atoms with E-state index in [4.69, 9.17) is 50.8 Å². The number of aliphatic hydroxyl groups is 4. The van der Waals surface area contributed by atoms with Gasteiger partial charge in [0.05, 0.1) is 79.3 Å². The Balaban J connectivity index is 0. The fraction of sp³-hybridized carbons (Fsp3) is 0.725. The van der Waals surface area contributed by atoms with Crippen molar-refractivity contribution in [2.75, 3.05) is 98.1 Å². The lowest BCUT2D eigenvalue weighted by Gasteiger charge is -2.22. The number of amides is 4. The summed E-state index contributed by atoms with van der Waals surface area (Å²) in [6, 6.07) is 5.96. The largest absolute Gasteiger partial charge is 0.399 e. The van der Waals surface area contributed by atoms with Gasteiger partial charge in [-0.25, -0.2) is 0 Å². The normalized spacial score (nSPS) is 12.7. The number of rotatable bonds is 49. The lowest BCUT2D eigenvalue weighted by molar-refractivity contribution is -0.133. The number of carbonyl (C=O) groups excluding carboxylic acids is 8. The Morgan fingerprint density at radius 1 is 0.507 bits per heavy atom. The number of aliphatic hydroxyl groups excluding tert-OH is 4. The lowest BCUT2D eigenvalue weighted by Crippen LogP contribution is -2.47. The van der Waals surface area contributed by atoms with Gasteiger partial charge in [-0.3, -0.25) is 38.4 Å². The van der Waals surface area contributed by atoms with Crippen LogP contribution < -0.4 is 27.4 Å². The molecule has 21 nitrogen and oxygen atoms in total. The summed E-state index contributed by atoms with van der Waals surface area (Å²) < 4.78 is 20.8. The smallest absolute Gasteiger partial charge is 0.242 e. The van der Waals surface area contributed by atoms with Crippen molar-refractivity contribution >= 4 is 65.9 Å². The van der Waals surface area contributed by atoms with Crippen LogP contribution in [0.25, 0.3) is 0 Å². The van der Waals surface area contributed by atoms with E-state index < -0.39 is 41.5 Å². The maximum Gasteiger partial charge on any atom is 0.242 e. The van der Waals surface area contributed by atoms with Crippen LogP contribution in [0.1, 0.15) is 123 Å². The zero-order chi connectivity index (χ0) is 53.2. The minimum atomic E-state index is -0.884. The summed E-state index contributed by atoms with van der Waals surface area (Å²) in [5.74, 6) is -5.08. The van der Waals surface area contributed by atoms with E-state index in [0.717, 1.165) is 5.56 Å². The number of primary amides is 1. The van der Waals surface area contributed by atoms with Crippen LogP contribution in [-0.4, -0.2) is 166 Å². The summed E-state index contributed by atoms with van der Waals surface area (Å²) in [6.07, 6.45) is 4.66. The summed E-state index contributed by atoms with van der Waals surface area (Å²) in [6.45, 7) is 0.739. The average molecular weight is 1060 g/mol. The van der Waals surface area contributed by atoms with E-state index >= 15 is 0 Å². The Labute approximate surface area is 439 Å². The second kappa shape index (κ2) is 45.0. The predicted octanol–water partition coefficient (Wildman–Crippen LogP) is 1.56. The number of anilines is 1. The maximum absolute atomic E-state index is 14.2. The molecule has 1 aromatic carbocycles. The molecule has 0 fully saturated rings. The molecule has 1 rings (SSSR count). The van der Waals surface area contributed by atoms with Crippen LogP contribution in [0.3, 0.4) is 0 Å². The highest BCUT2D eigenvalue weighted by Gasteiger charge is 2.30. The van der Waals surface area contributed by atoms with Gasteiger partial charge >= 0.3 is 0 Å². The summed E-state index contributed by atoms with van der Waals surface area (Å²) in [4.78, 5) is 105. The van der Waals surface area contributed by atoms with Crippen molar-refractivity contribution in [2.45, 2.75) is 128 Å². The highest BCUT2D eigenvalue weighted by atomic mass is 32.1. The first-order chi connectivity index (χ1) is 34.7. The fourth-order valence-corrected chi connectivity index (χ4v) is 7.72. The SMILES string of the molecule is NC(=O)C(CC(=O)C(CCCCNC(=O)C(CCCCCC(=O)CCOCCO)NC(=O)CCOCCO)CC(=O)C(CCCCNC(=O)CCOCCO)CC(=O)CCOCCO)Cc1ccc(N)cc1.S.[HH]. The molecule has 0 aliphatic carbocycles. The molecule has 0 aromatic heterocycles. The monoisotopic (exact) mass is 1060 g/mol. The maximum atomic E-state index is 14.2. The lowest BCUT2D eigenvalue weighted by atomic mass is 9.81. The van der Waals surface area contributed by atoms with Gasteiger partial charge in [0.15, 0.2) is 0 Å². The Morgan fingerprint density at radius 2 is 0.973 bits per heavy atom. The van der Waals surface area contributed by atoms with Crippen LogP contribution >= 0.6 is 13.5 Å². The van der Waals surface area contributed by atoms with Gasteiger partial charge in [-0.15, -0.1) is 0 Å². The molecule has 22 heteroatoms. The van der Waals surface area contributed by atoms with Crippen LogP contribution in [-0.2, 0) is 63.7 Å². The summed E-state index contributed by atoms with van der Waals surface area (Å²) in [5, 5.41) is 44.2. The quantitative estimate of drug-likeness (QED) is 0.0330. The number of hydrogen-bond donors (Lipinski definition) is 9. The van der Waals surface area contributed by atoms with Crippen molar-refractivity contribution in [1.29, 1.82) is 0 Å². The van der Waals surface area contributed by atoms with E-state index in [-0.39, 0.29) is 188 Å². The number of nitrogen functional groups attached to an aromatic ring is 1. The first-order valence-electron chi connectivity index (χ1n) is 25.5. The van der Waals surface area contributed by atoms with E-state index in [9.17, 15) is 38.4 Å². The molecule has 0 aliphatic heterocycles. The molecule has 0 radical (unpaired) electrons. The molecular weight excluding hydrogens is 971 g/mol. The molecule has 4 atom stereocenters. The molecular formula is C51H89N5O16S. The van der Waals surface area contributed by atoms with Crippen molar-refractivity contribution in [3.8, 4) is 0 Å². The molecule has 0 aliphatic rings. The van der Waals surface area contributed by atoms with E-state index in [1.54, 1.807) is 24.3 Å². The Morgan fingerprint density at radius 3 is 1.51 bits per heavy atom. The van der Waals surface area contributed by atoms with Gasteiger partial charge < -0.3 is 66.8 Å². The van der Waals surface area contributed by atoms with E-state index in [1.807, 2.05) is 0 Å². The predicted molar refractivity (Wildman–Crippen MR) is 279 cm³/mol. The molecule has 420 valence electrons. The Bertz CT molecular complexity index is 1720. The van der Waals surface area contributed by atoms with Crippen LogP contribution in [0.2, 0.25) is 0 Å². The van der Waals surface area contributed by atoms with Crippen LogP contribution in [0, 0.1) is 17.8 Å².